The Bertz CT molecular complexity index is 311. The molecule has 0 radical (unpaired) electrons. The van der Waals surface area contributed by atoms with E-state index in [4.69, 9.17) is 9.15 Å². The Labute approximate surface area is 109 Å². The molecular weight excluding hydrogens is 230 g/mol. The van der Waals surface area contributed by atoms with Gasteiger partial charge in [0.05, 0.1) is 12.9 Å². The third kappa shape index (κ3) is 4.80. The summed E-state index contributed by atoms with van der Waals surface area (Å²) in [6, 6.07) is 4.09. The molecule has 104 valence electrons. The van der Waals surface area contributed by atoms with Crippen molar-refractivity contribution < 1.29 is 14.3 Å². The van der Waals surface area contributed by atoms with Gasteiger partial charge in [-0.05, 0) is 31.4 Å². The van der Waals surface area contributed by atoms with E-state index in [1.807, 2.05) is 0 Å². The molecule has 0 bridgehead atoms. The second kappa shape index (κ2) is 7.56. The summed E-state index contributed by atoms with van der Waals surface area (Å²) in [6.07, 6.45) is 1.65. The Morgan fingerprint density at radius 3 is 2.61 bits per heavy atom. The van der Waals surface area contributed by atoms with E-state index in [0.717, 1.165) is 0 Å². The summed E-state index contributed by atoms with van der Waals surface area (Å²) in [5.74, 6) is 1.12. The maximum atomic E-state index is 10.00. The van der Waals surface area contributed by atoms with Gasteiger partial charge in [-0.1, -0.05) is 13.8 Å². The van der Waals surface area contributed by atoms with Gasteiger partial charge < -0.3 is 19.6 Å². The van der Waals surface area contributed by atoms with Crippen molar-refractivity contribution >= 4 is 0 Å². The first-order chi connectivity index (χ1) is 8.54. The van der Waals surface area contributed by atoms with Crippen molar-refractivity contribution in [2.75, 3.05) is 13.7 Å². The molecular formula is C14H25NO3. The van der Waals surface area contributed by atoms with E-state index in [-0.39, 0.29) is 6.04 Å². The first-order valence-electron chi connectivity index (χ1n) is 6.51. The highest BCUT2D eigenvalue weighted by atomic mass is 16.5. The van der Waals surface area contributed by atoms with Gasteiger partial charge >= 0.3 is 0 Å². The largest absolute Gasteiger partial charge is 0.467 e. The first-order valence-corrected chi connectivity index (χ1v) is 6.51. The van der Waals surface area contributed by atoms with Gasteiger partial charge in [-0.25, -0.2) is 0 Å². The molecule has 0 spiro atoms. The van der Waals surface area contributed by atoms with Crippen molar-refractivity contribution in [2.24, 2.45) is 5.92 Å². The minimum absolute atomic E-state index is 0.202. The minimum Gasteiger partial charge on any atom is -0.467 e. The molecule has 2 N–H and O–H groups in total. The summed E-state index contributed by atoms with van der Waals surface area (Å²) in [5.41, 5.74) is 0. The third-order valence-electron chi connectivity index (χ3n) is 3.10. The van der Waals surface area contributed by atoms with Gasteiger partial charge in [-0.15, -0.1) is 0 Å². The van der Waals surface area contributed by atoms with Crippen molar-refractivity contribution in [3.8, 4) is 0 Å². The van der Waals surface area contributed by atoms with E-state index in [9.17, 15) is 5.11 Å². The van der Waals surface area contributed by atoms with Gasteiger partial charge in [0.1, 0.15) is 11.9 Å². The summed E-state index contributed by atoms with van der Waals surface area (Å²) in [7, 11) is 1.71. The number of methoxy groups -OCH3 is 1. The van der Waals surface area contributed by atoms with Crippen LogP contribution in [0.2, 0.25) is 0 Å². The lowest BCUT2D eigenvalue weighted by atomic mass is 10.0. The quantitative estimate of drug-likeness (QED) is 0.748. The monoisotopic (exact) mass is 255 g/mol. The number of nitrogens with one attached hydrogen (secondary N) is 1. The van der Waals surface area contributed by atoms with Crippen molar-refractivity contribution in [2.45, 2.75) is 45.4 Å². The molecule has 3 atom stereocenters. The van der Waals surface area contributed by atoms with Crippen molar-refractivity contribution in [3.05, 3.63) is 24.2 Å². The van der Waals surface area contributed by atoms with Crippen LogP contribution in [0.25, 0.3) is 0 Å². The zero-order valence-electron chi connectivity index (χ0n) is 11.7. The average Bonchev–Trinajstić information content (AvgIpc) is 2.81. The number of aliphatic hydroxyl groups excluding tert-OH is 1. The van der Waals surface area contributed by atoms with Crippen LogP contribution in [0.4, 0.5) is 0 Å². The van der Waals surface area contributed by atoms with Gasteiger partial charge in [0.15, 0.2) is 0 Å². The van der Waals surface area contributed by atoms with Crippen LogP contribution < -0.4 is 5.32 Å². The van der Waals surface area contributed by atoms with Crippen LogP contribution >= 0.6 is 0 Å². The van der Waals surface area contributed by atoms with Gasteiger partial charge in [0.2, 0.25) is 0 Å². The zero-order valence-corrected chi connectivity index (χ0v) is 11.7. The van der Waals surface area contributed by atoms with E-state index in [1.165, 1.54) is 0 Å². The molecule has 0 saturated heterocycles. The molecule has 0 aliphatic carbocycles. The smallest absolute Gasteiger partial charge is 0.132 e. The van der Waals surface area contributed by atoms with Crippen LogP contribution in [0.5, 0.6) is 0 Å². The molecule has 0 aliphatic rings. The maximum absolute atomic E-state index is 10.00. The van der Waals surface area contributed by atoms with Gasteiger partial charge in [0, 0.05) is 19.2 Å². The van der Waals surface area contributed by atoms with Crippen LogP contribution in [0.3, 0.4) is 0 Å². The molecule has 0 aliphatic heterocycles. The van der Waals surface area contributed by atoms with E-state index in [1.54, 1.807) is 25.5 Å². The lowest BCUT2D eigenvalue weighted by molar-refractivity contribution is 0.109. The first kappa shape index (κ1) is 15.2. The Morgan fingerprint density at radius 2 is 2.11 bits per heavy atom. The SMILES string of the molecule is COCC(NC(C)CC(O)c1ccco1)C(C)C. The number of hydrogen-bond donors (Lipinski definition) is 2. The molecule has 1 aromatic rings. The molecule has 0 aromatic carbocycles. The Kier molecular flexibility index (Phi) is 6.39. The fourth-order valence-electron chi connectivity index (χ4n) is 1.98. The molecule has 0 amide bonds. The van der Waals surface area contributed by atoms with Crippen molar-refractivity contribution in [3.63, 3.8) is 0 Å². The zero-order chi connectivity index (χ0) is 13.5. The standard InChI is InChI=1S/C14H25NO3/c1-10(2)12(9-17-4)15-11(3)8-13(16)14-6-5-7-18-14/h5-7,10-13,15-16H,8-9H2,1-4H3. The topological polar surface area (TPSA) is 54.6 Å². The van der Waals surface area contributed by atoms with Gasteiger partial charge in [0.25, 0.3) is 0 Å². The molecule has 0 fully saturated rings. The van der Waals surface area contributed by atoms with E-state index in [0.29, 0.717) is 30.7 Å². The second-order valence-corrected chi connectivity index (χ2v) is 5.14. The lowest BCUT2D eigenvalue weighted by Gasteiger charge is -2.26. The molecule has 4 nitrogen and oxygen atoms in total. The average molecular weight is 255 g/mol. The number of rotatable bonds is 8. The normalized spacial score (nSPS) is 16.8. The number of furan rings is 1. The summed E-state index contributed by atoms with van der Waals surface area (Å²) in [6.45, 7) is 7.06. The highest BCUT2D eigenvalue weighted by Crippen LogP contribution is 2.19. The molecule has 4 heteroatoms. The number of hydrogen-bond acceptors (Lipinski definition) is 4. The fourth-order valence-corrected chi connectivity index (χ4v) is 1.98. The molecule has 18 heavy (non-hydrogen) atoms. The molecule has 3 unspecified atom stereocenters. The summed E-state index contributed by atoms with van der Waals surface area (Å²) in [4.78, 5) is 0. The van der Waals surface area contributed by atoms with E-state index < -0.39 is 6.10 Å². The minimum atomic E-state index is -0.558. The highest BCUT2D eigenvalue weighted by Gasteiger charge is 2.19. The van der Waals surface area contributed by atoms with E-state index >= 15 is 0 Å². The van der Waals surface area contributed by atoms with Crippen LogP contribution in [0.1, 0.15) is 39.1 Å². The van der Waals surface area contributed by atoms with Crippen LogP contribution in [-0.4, -0.2) is 30.9 Å². The summed E-state index contributed by atoms with van der Waals surface area (Å²) >= 11 is 0. The summed E-state index contributed by atoms with van der Waals surface area (Å²) < 4.78 is 10.4. The molecule has 1 heterocycles. The van der Waals surface area contributed by atoms with Crippen LogP contribution in [-0.2, 0) is 4.74 Å². The lowest BCUT2D eigenvalue weighted by Crippen LogP contribution is -2.43. The van der Waals surface area contributed by atoms with Crippen molar-refractivity contribution in [1.82, 2.24) is 5.32 Å². The molecule has 0 saturated carbocycles. The van der Waals surface area contributed by atoms with Crippen LogP contribution in [0.15, 0.2) is 22.8 Å². The number of aliphatic hydroxyl groups is 1. The summed E-state index contributed by atoms with van der Waals surface area (Å²) in [5, 5.41) is 13.5. The highest BCUT2D eigenvalue weighted by molar-refractivity contribution is 5.02. The number of ether oxygens (including phenoxy) is 1. The van der Waals surface area contributed by atoms with Gasteiger partial charge in [-0.2, -0.15) is 0 Å². The predicted octanol–water partition coefficient (Wildman–Crippen LogP) is 2.35. The molecule has 1 aromatic heterocycles. The fraction of sp³-hybridized carbons (Fsp3) is 0.714. The van der Waals surface area contributed by atoms with Crippen LogP contribution in [0, 0.1) is 5.92 Å². The predicted molar refractivity (Wildman–Crippen MR) is 71.4 cm³/mol. The Balaban J connectivity index is 2.42. The second-order valence-electron chi connectivity index (χ2n) is 5.14. The maximum Gasteiger partial charge on any atom is 0.132 e. The third-order valence-corrected chi connectivity index (χ3v) is 3.10. The van der Waals surface area contributed by atoms with E-state index in [2.05, 4.69) is 26.1 Å². The Hall–Kier alpha value is -0.840. The van der Waals surface area contributed by atoms with Gasteiger partial charge in [-0.3, -0.25) is 0 Å². The Morgan fingerprint density at radius 1 is 1.39 bits per heavy atom. The van der Waals surface area contributed by atoms with Crippen molar-refractivity contribution in [1.29, 1.82) is 0 Å². The molecule has 1 rings (SSSR count).